The van der Waals surface area contributed by atoms with E-state index in [-0.39, 0.29) is 30.2 Å². The number of benzene rings is 1. The van der Waals surface area contributed by atoms with Crippen LogP contribution in [0.15, 0.2) is 24.3 Å². The Balaban J connectivity index is 0.00000192. The number of amides is 1. The number of carbonyl (C=O) groups is 1. The van der Waals surface area contributed by atoms with Gasteiger partial charge in [0.05, 0.1) is 10.7 Å². The minimum atomic E-state index is -0.164. The Bertz CT molecular complexity index is 697. The van der Waals surface area contributed by atoms with Crippen molar-refractivity contribution in [3.8, 4) is 5.69 Å². The Kier molecular flexibility index (Phi) is 5.62. The molecule has 6 nitrogen and oxygen atoms in total. The first-order valence-electron chi connectivity index (χ1n) is 7.24. The van der Waals surface area contributed by atoms with Gasteiger partial charge >= 0.3 is 0 Å². The molecular weight excluding hydrogens is 337 g/mol. The Labute approximate surface area is 146 Å². The van der Waals surface area contributed by atoms with E-state index in [1.165, 1.54) is 0 Å². The number of halogens is 2. The predicted molar refractivity (Wildman–Crippen MR) is 91.7 cm³/mol. The number of para-hydroxylation sites is 1. The lowest BCUT2D eigenvalue weighted by Crippen LogP contribution is -2.38. The van der Waals surface area contributed by atoms with E-state index in [9.17, 15) is 4.79 Å². The molecule has 0 bridgehead atoms. The van der Waals surface area contributed by atoms with E-state index < -0.39 is 0 Å². The molecule has 1 N–H and O–H groups in total. The van der Waals surface area contributed by atoms with Crippen LogP contribution in [0.3, 0.4) is 0 Å². The lowest BCUT2D eigenvalue weighted by molar-refractivity contribution is 0.0731. The highest BCUT2D eigenvalue weighted by atomic mass is 35.5. The van der Waals surface area contributed by atoms with Gasteiger partial charge < -0.3 is 10.2 Å². The van der Waals surface area contributed by atoms with Crippen LogP contribution < -0.4 is 5.32 Å². The van der Waals surface area contributed by atoms with Crippen molar-refractivity contribution in [1.82, 2.24) is 25.0 Å². The summed E-state index contributed by atoms with van der Waals surface area (Å²) in [6.45, 7) is 3.56. The maximum atomic E-state index is 12.5. The number of hydrogen-bond acceptors (Lipinski definition) is 4. The van der Waals surface area contributed by atoms with E-state index in [1.807, 2.05) is 25.1 Å². The summed E-state index contributed by atoms with van der Waals surface area (Å²) in [5, 5.41) is 8.17. The SMILES string of the molecule is Cc1nc(C(=O)N(C)C2CCNC2)nn1-c1ccccc1Cl.Cl. The van der Waals surface area contributed by atoms with Crippen LogP contribution in [0.5, 0.6) is 0 Å². The minimum absolute atomic E-state index is 0. The highest BCUT2D eigenvalue weighted by Gasteiger charge is 2.27. The molecule has 1 aromatic carbocycles. The molecule has 23 heavy (non-hydrogen) atoms. The van der Waals surface area contributed by atoms with Crippen molar-refractivity contribution in [3.05, 3.63) is 40.9 Å². The number of carbonyl (C=O) groups excluding carboxylic acids is 1. The summed E-state index contributed by atoms with van der Waals surface area (Å²) in [5.74, 6) is 0.670. The highest BCUT2D eigenvalue weighted by Crippen LogP contribution is 2.20. The molecule has 1 aliphatic rings. The van der Waals surface area contributed by atoms with Crippen molar-refractivity contribution >= 4 is 29.9 Å². The summed E-state index contributed by atoms with van der Waals surface area (Å²) < 4.78 is 1.61. The molecule has 1 amide bonds. The Morgan fingerprint density at radius 3 is 2.83 bits per heavy atom. The van der Waals surface area contributed by atoms with E-state index in [4.69, 9.17) is 11.6 Å². The molecule has 1 aliphatic heterocycles. The molecule has 8 heteroatoms. The third-order valence-corrected chi connectivity index (χ3v) is 4.26. The van der Waals surface area contributed by atoms with Gasteiger partial charge in [0, 0.05) is 19.6 Å². The Hall–Kier alpha value is -1.63. The molecule has 3 rings (SSSR count). The lowest BCUT2D eigenvalue weighted by atomic mass is 10.2. The summed E-state index contributed by atoms with van der Waals surface area (Å²) >= 11 is 6.19. The second-order valence-corrected chi connectivity index (χ2v) is 5.82. The number of nitrogens with one attached hydrogen (secondary N) is 1. The molecule has 1 aromatic heterocycles. The van der Waals surface area contributed by atoms with Gasteiger partial charge in [-0.25, -0.2) is 9.67 Å². The first kappa shape index (κ1) is 17.7. The largest absolute Gasteiger partial charge is 0.335 e. The van der Waals surface area contributed by atoms with Crippen LogP contribution >= 0.6 is 24.0 Å². The van der Waals surface area contributed by atoms with Gasteiger partial charge in [0.2, 0.25) is 5.82 Å². The predicted octanol–water partition coefficient (Wildman–Crippen LogP) is 2.08. The maximum absolute atomic E-state index is 12.5. The van der Waals surface area contributed by atoms with Gasteiger partial charge in [-0.05, 0) is 32.0 Å². The van der Waals surface area contributed by atoms with Gasteiger partial charge in [-0.2, -0.15) is 0 Å². The summed E-state index contributed by atoms with van der Waals surface area (Å²) in [4.78, 5) is 18.6. The van der Waals surface area contributed by atoms with Crippen LogP contribution in [0.25, 0.3) is 5.69 Å². The van der Waals surface area contributed by atoms with Crippen molar-refractivity contribution in [3.63, 3.8) is 0 Å². The van der Waals surface area contributed by atoms with E-state index >= 15 is 0 Å². The number of aryl methyl sites for hydroxylation is 1. The molecule has 2 aromatic rings. The summed E-state index contributed by atoms with van der Waals surface area (Å²) in [6.07, 6.45) is 0.951. The van der Waals surface area contributed by atoms with Crippen LogP contribution in [0.4, 0.5) is 0 Å². The zero-order valence-electron chi connectivity index (χ0n) is 13.0. The van der Waals surface area contributed by atoms with Crippen LogP contribution in [-0.4, -0.2) is 51.8 Å². The molecular formula is C15H19Cl2N5O. The average molecular weight is 356 g/mol. The topological polar surface area (TPSA) is 63.1 Å². The van der Waals surface area contributed by atoms with Gasteiger partial charge in [0.15, 0.2) is 0 Å². The fourth-order valence-electron chi connectivity index (χ4n) is 2.63. The van der Waals surface area contributed by atoms with E-state index in [1.54, 1.807) is 22.7 Å². The van der Waals surface area contributed by atoms with Gasteiger partial charge in [0.1, 0.15) is 5.82 Å². The van der Waals surface area contributed by atoms with Gasteiger partial charge in [-0.3, -0.25) is 4.79 Å². The monoisotopic (exact) mass is 355 g/mol. The molecule has 0 spiro atoms. The summed E-state index contributed by atoms with van der Waals surface area (Å²) in [6, 6.07) is 7.56. The number of likely N-dealkylation sites (N-methyl/N-ethyl adjacent to an activating group) is 1. The maximum Gasteiger partial charge on any atom is 0.293 e. The quantitative estimate of drug-likeness (QED) is 0.915. The Morgan fingerprint density at radius 1 is 1.43 bits per heavy atom. The molecule has 2 heterocycles. The van der Waals surface area contributed by atoms with Crippen molar-refractivity contribution in [2.24, 2.45) is 0 Å². The average Bonchev–Trinajstić information content (AvgIpc) is 3.16. The Morgan fingerprint density at radius 2 is 2.17 bits per heavy atom. The number of rotatable bonds is 3. The molecule has 124 valence electrons. The van der Waals surface area contributed by atoms with E-state index in [0.29, 0.717) is 10.8 Å². The number of nitrogens with zero attached hydrogens (tertiary/aromatic N) is 4. The molecule has 1 unspecified atom stereocenters. The third kappa shape index (κ3) is 3.49. The van der Waals surface area contributed by atoms with Gasteiger partial charge in [-0.1, -0.05) is 23.7 Å². The van der Waals surface area contributed by atoms with Crippen molar-refractivity contribution in [1.29, 1.82) is 0 Å². The fourth-order valence-corrected chi connectivity index (χ4v) is 2.84. The number of hydrogen-bond donors (Lipinski definition) is 1. The second kappa shape index (κ2) is 7.29. The first-order chi connectivity index (χ1) is 10.6. The normalized spacial score (nSPS) is 16.9. The standard InChI is InChI=1S/C15H18ClN5O.ClH/c1-10-18-14(15(22)20(2)11-7-8-17-9-11)19-21(10)13-6-4-3-5-12(13)16;/h3-6,11,17H,7-9H2,1-2H3;1H. The second-order valence-electron chi connectivity index (χ2n) is 5.41. The molecule has 1 fully saturated rings. The lowest BCUT2D eigenvalue weighted by Gasteiger charge is -2.22. The van der Waals surface area contributed by atoms with Crippen molar-refractivity contribution in [2.75, 3.05) is 20.1 Å². The molecule has 0 saturated carbocycles. The smallest absolute Gasteiger partial charge is 0.293 e. The van der Waals surface area contributed by atoms with E-state index in [2.05, 4.69) is 15.4 Å². The fraction of sp³-hybridized carbons (Fsp3) is 0.400. The molecule has 0 radical (unpaired) electrons. The molecule has 0 aliphatic carbocycles. The summed E-state index contributed by atoms with van der Waals surface area (Å²) in [5.41, 5.74) is 0.721. The van der Waals surface area contributed by atoms with Gasteiger partial charge in [-0.15, -0.1) is 17.5 Å². The third-order valence-electron chi connectivity index (χ3n) is 3.94. The zero-order valence-corrected chi connectivity index (χ0v) is 14.6. The van der Waals surface area contributed by atoms with E-state index in [0.717, 1.165) is 25.2 Å². The van der Waals surface area contributed by atoms with Crippen LogP contribution in [0, 0.1) is 6.92 Å². The summed E-state index contributed by atoms with van der Waals surface area (Å²) in [7, 11) is 1.80. The highest BCUT2D eigenvalue weighted by molar-refractivity contribution is 6.32. The van der Waals surface area contributed by atoms with Crippen LogP contribution in [0.2, 0.25) is 5.02 Å². The van der Waals surface area contributed by atoms with Crippen molar-refractivity contribution in [2.45, 2.75) is 19.4 Å². The first-order valence-corrected chi connectivity index (χ1v) is 7.62. The molecule has 1 saturated heterocycles. The number of aromatic nitrogens is 3. The van der Waals surface area contributed by atoms with Gasteiger partial charge in [0.25, 0.3) is 5.91 Å². The molecule has 1 atom stereocenters. The minimum Gasteiger partial charge on any atom is -0.335 e. The van der Waals surface area contributed by atoms with Crippen LogP contribution in [0.1, 0.15) is 22.9 Å². The van der Waals surface area contributed by atoms with Crippen molar-refractivity contribution < 1.29 is 4.79 Å². The van der Waals surface area contributed by atoms with Crippen LogP contribution in [-0.2, 0) is 0 Å². The zero-order chi connectivity index (χ0) is 15.7.